The van der Waals surface area contributed by atoms with E-state index >= 15 is 0 Å². The van der Waals surface area contributed by atoms with Crippen LogP contribution in [-0.4, -0.2) is 36.1 Å². The molecule has 0 saturated carbocycles. The van der Waals surface area contributed by atoms with E-state index < -0.39 is 12.1 Å². The summed E-state index contributed by atoms with van der Waals surface area (Å²) in [6, 6.07) is 2.97. The smallest absolute Gasteiger partial charge is 0.321 e. The van der Waals surface area contributed by atoms with Gasteiger partial charge in [0.15, 0.2) is 0 Å². The van der Waals surface area contributed by atoms with Gasteiger partial charge in [0.25, 0.3) is 0 Å². The van der Waals surface area contributed by atoms with Crippen molar-refractivity contribution in [3.63, 3.8) is 0 Å². The fourth-order valence-electron chi connectivity index (χ4n) is 1.50. The molecule has 0 aliphatic heterocycles. The normalized spacial score (nSPS) is 11.7. The Labute approximate surface area is 113 Å². The number of imide groups is 1. The molecule has 0 spiro atoms. The molecule has 6 nitrogen and oxygen atoms in total. The van der Waals surface area contributed by atoms with Crippen LogP contribution in [0, 0.1) is 0 Å². The number of amides is 3. The fraction of sp³-hybridized carbons (Fsp3) is 0.462. The van der Waals surface area contributed by atoms with Gasteiger partial charge < -0.3 is 10.6 Å². The van der Waals surface area contributed by atoms with Crippen molar-refractivity contribution in [1.82, 2.24) is 20.9 Å². The van der Waals surface area contributed by atoms with Gasteiger partial charge in [0.1, 0.15) is 0 Å². The van der Waals surface area contributed by atoms with Crippen molar-refractivity contribution >= 4 is 11.9 Å². The first-order valence-corrected chi connectivity index (χ1v) is 6.34. The Morgan fingerprint density at radius 3 is 2.84 bits per heavy atom. The van der Waals surface area contributed by atoms with Crippen molar-refractivity contribution in [2.24, 2.45) is 0 Å². The molecule has 0 radical (unpaired) electrons. The van der Waals surface area contributed by atoms with Crippen LogP contribution in [0.4, 0.5) is 4.79 Å². The summed E-state index contributed by atoms with van der Waals surface area (Å²) in [5.74, 6) is -0.336. The van der Waals surface area contributed by atoms with Crippen molar-refractivity contribution < 1.29 is 9.59 Å². The first-order chi connectivity index (χ1) is 9.13. The standard InChI is InChI=1S/C13H20N4O2/c1-3-15-13(19)17-12(18)10(2)16-8-6-11-5-4-7-14-9-11/h4-5,7,9-10,16H,3,6,8H2,1-2H3,(H2,15,17,18,19). The second-order valence-corrected chi connectivity index (χ2v) is 4.14. The molecular formula is C13H20N4O2. The van der Waals surface area contributed by atoms with Gasteiger partial charge in [-0.05, 0) is 38.4 Å². The van der Waals surface area contributed by atoms with Gasteiger partial charge in [-0.25, -0.2) is 4.79 Å². The zero-order chi connectivity index (χ0) is 14.1. The summed E-state index contributed by atoms with van der Waals surface area (Å²) in [5, 5.41) is 7.83. The first-order valence-electron chi connectivity index (χ1n) is 6.34. The zero-order valence-corrected chi connectivity index (χ0v) is 11.3. The molecule has 1 aromatic rings. The van der Waals surface area contributed by atoms with E-state index in [-0.39, 0.29) is 5.91 Å². The van der Waals surface area contributed by atoms with Crippen molar-refractivity contribution in [2.45, 2.75) is 26.3 Å². The van der Waals surface area contributed by atoms with Gasteiger partial charge in [0.05, 0.1) is 6.04 Å². The molecular weight excluding hydrogens is 244 g/mol. The second kappa shape index (κ2) is 8.20. The zero-order valence-electron chi connectivity index (χ0n) is 11.3. The summed E-state index contributed by atoms with van der Waals surface area (Å²) in [6.45, 7) is 4.65. The average molecular weight is 264 g/mol. The van der Waals surface area contributed by atoms with Gasteiger partial charge >= 0.3 is 6.03 Å². The SMILES string of the molecule is CCNC(=O)NC(=O)C(C)NCCc1cccnc1. The molecule has 1 atom stereocenters. The fourth-order valence-corrected chi connectivity index (χ4v) is 1.50. The lowest BCUT2D eigenvalue weighted by Crippen LogP contribution is -2.48. The monoisotopic (exact) mass is 264 g/mol. The van der Waals surface area contributed by atoms with E-state index in [9.17, 15) is 9.59 Å². The van der Waals surface area contributed by atoms with E-state index in [4.69, 9.17) is 0 Å². The number of urea groups is 1. The molecule has 1 rings (SSSR count). The third-order valence-corrected chi connectivity index (χ3v) is 2.55. The van der Waals surface area contributed by atoms with Crippen LogP contribution >= 0.6 is 0 Å². The number of hydrogen-bond donors (Lipinski definition) is 3. The highest BCUT2D eigenvalue weighted by Crippen LogP contribution is 1.96. The molecule has 3 N–H and O–H groups in total. The largest absolute Gasteiger partial charge is 0.338 e. The topological polar surface area (TPSA) is 83.1 Å². The van der Waals surface area contributed by atoms with Crippen molar-refractivity contribution in [3.05, 3.63) is 30.1 Å². The molecule has 0 aliphatic rings. The Balaban J connectivity index is 2.25. The van der Waals surface area contributed by atoms with Gasteiger partial charge in [-0.3, -0.25) is 15.1 Å². The van der Waals surface area contributed by atoms with Gasteiger partial charge in [-0.15, -0.1) is 0 Å². The van der Waals surface area contributed by atoms with Crippen LogP contribution < -0.4 is 16.0 Å². The molecule has 0 fully saturated rings. The average Bonchev–Trinajstić information content (AvgIpc) is 2.40. The Kier molecular flexibility index (Phi) is 6.52. The molecule has 1 aromatic heterocycles. The third-order valence-electron chi connectivity index (χ3n) is 2.55. The van der Waals surface area contributed by atoms with Crippen molar-refractivity contribution in [3.8, 4) is 0 Å². The summed E-state index contributed by atoms with van der Waals surface area (Å²) < 4.78 is 0. The highest BCUT2D eigenvalue weighted by molar-refractivity contribution is 5.96. The van der Waals surface area contributed by atoms with E-state index in [0.29, 0.717) is 13.1 Å². The third kappa shape index (κ3) is 5.96. The van der Waals surface area contributed by atoms with Gasteiger partial charge in [-0.1, -0.05) is 6.07 Å². The highest BCUT2D eigenvalue weighted by Gasteiger charge is 2.14. The van der Waals surface area contributed by atoms with Crippen LogP contribution in [0.1, 0.15) is 19.4 Å². The summed E-state index contributed by atoms with van der Waals surface area (Å²) in [5.41, 5.74) is 1.10. The van der Waals surface area contributed by atoms with Crippen LogP contribution in [0.2, 0.25) is 0 Å². The Morgan fingerprint density at radius 2 is 2.21 bits per heavy atom. The van der Waals surface area contributed by atoms with Crippen LogP contribution in [0.25, 0.3) is 0 Å². The van der Waals surface area contributed by atoms with Crippen LogP contribution in [0.5, 0.6) is 0 Å². The Morgan fingerprint density at radius 1 is 1.42 bits per heavy atom. The predicted octanol–water partition coefficient (Wildman–Crippen LogP) is 0.448. The maximum Gasteiger partial charge on any atom is 0.321 e. The molecule has 1 heterocycles. The summed E-state index contributed by atoms with van der Waals surface area (Å²) in [4.78, 5) is 26.8. The first kappa shape index (κ1) is 15.1. The number of nitrogens with one attached hydrogen (secondary N) is 3. The lowest BCUT2D eigenvalue weighted by molar-refractivity contribution is -0.121. The molecule has 0 aromatic carbocycles. The molecule has 3 amide bonds. The van der Waals surface area contributed by atoms with Crippen LogP contribution in [0.15, 0.2) is 24.5 Å². The minimum absolute atomic E-state index is 0.336. The van der Waals surface area contributed by atoms with E-state index in [1.54, 1.807) is 26.2 Å². The van der Waals surface area contributed by atoms with Crippen molar-refractivity contribution in [1.29, 1.82) is 0 Å². The molecule has 19 heavy (non-hydrogen) atoms. The number of nitrogens with zero attached hydrogens (tertiary/aromatic N) is 1. The van der Waals surface area contributed by atoms with Gasteiger partial charge in [0.2, 0.25) is 5.91 Å². The van der Waals surface area contributed by atoms with Crippen molar-refractivity contribution in [2.75, 3.05) is 13.1 Å². The van der Waals surface area contributed by atoms with E-state index in [0.717, 1.165) is 12.0 Å². The molecule has 0 bridgehead atoms. The molecule has 0 saturated heterocycles. The summed E-state index contributed by atoms with van der Waals surface area (Å²) >= 11 is 0. The van der Waals surface area contributed by atoms with Crippen LogP contribution in [-0.2, 0) is 11.2 Å². The Hall–Kier alpha value is -1.95. The minimum Gasteiger partial charge on any atom is -0.338 e. The van der Waals surface area contributed by atoms with E-state index in [1.165, 1.54) is 0 Å². The lowest BCUT2D eigenvalue weighted by Gasteiger charge is -2.13. The maximum absolute atomic E-state index is 11.6. The number of carbonyl (C=O) groups is 2. The summed E-state index contributed by atoms with van der Waals surface area (Å²) in [7, 11) is 0. The highest BCUT2D eigenvalue weighted by atomic mass is 16.2. The maximum atomic E-state index is 11.6. The van der Waals surface area contributed by atoms with Gasteiger partial charge in [0, 0.05) is 18.9 Å². The number of pyridine rings is 1. The van der Waals surface area contributed by atoms with Gasteiger partial charge in [-0.2, -0.15) is 0 Å². The Bertz CT molecular complexity index is 408. The molecule has 6 heteroatoms. The quantitative estimate of drug-likeness (QED) is 0.696. The number of rotatable bonds is 6. The second-order valence-electron chi connectivity index (χ2n) is 4.14. The minimum atomic E-state index is -0.464. The van der Waals surface area contributed by atoms with E-state index in [1.807, 2.05) is 12.1 Å². The number of carbonyl (C=O) groups excluding carboxylic acids is 2. The number of aromatic nitrogens is 1. The molecule has 104 valence electrons. The number of hydrogen-bond acceptors (Lipinski definition) is 4. The predicted molar refractivity (Wildman–Crippen MR) is 72.6 cm³/mol. The lowest BCUT2D eigenvalue weighted by atomic mass is 10.2. The van der Waals surface area contributed by atoms with Crippen LogP contribution in [0.3, 0.4) is 0 Å². The molecule has 1 unspecified atom stereocenters. The van der Waals surface area contributed by atoms with E-state index in [2.05, 4.69) is 20.9 Å². The molecule has 0 aliphatic carbocycles. The summed E-state index contributed by atoms with van der Waals surface area (Å²) in [6.07, 6.45) is 4.30.